The van der Waals surface area contributed by atoms with Gasteiger partial charge in [-0.3, -0.25) is 4.79 Å². The van der Waals surface area contributed by atoms with E-state index in [4.69, 9.17) is 4.74 Å². The molecule has 1 aliphatic rings. The van der Waals surface area contributed by atoms with Gasteiger partial charge in [-0.25, -0.2) is 0 Å². The molecule has 1 aromatic rings. The lowest BCUT2D eigenvalue weighted by molar-refractivity contribution is -0.122. The minimum atomic E-state index is -0.0345. The Bertz CT molecular complexity index is 411. The molecule has 0 spiro atoms. The highest BCUT2D eigenvalue weighted by Crippen LogP contribution is 2.40. The van der Waals surface area contributed by atoms with E-state index in [-0.39, 0.29) is 12.0 Å². The van der Waals surface area contributed by atoms with Gasteiger partial charge in [0.15, 0.2) is 0 Å². The van der Waals surface area contributed by atoms with E-state index in [2.05, 4.69) is 13.8 Å². The minimum Gasteiger partial charge on any atom is -0.489 e. The van der Waals surface area contributed by atoms with Gasteiger partial charge < -0.3 is 4.74 Å². The SMILES string of the molecule is CCCCC(=O)[C@H]1c2ccccc2O[C@@H]1CCC. The summed E-state index contributed by atoms with van der Waals surface area (Å²) in [6, 6.07) is 7.99. The summed E-state index contributed by atoms with van der Waals surface area (Å²) < 4.78 is 5.94. The van der Waals surface area contributed by atoms with Gasteiger partial charge in [0.05, 0.1) is 5.92 Å². The molecule has 2 rings (SSSR count). The van der Waals surface area contributed by atoms with Crippen molar-refractivity contribution in [1.82, 2.24) is 0 Å². The summed E-state index contributed by atoms with van der Waals surface area (Å²) in [7, 11) is 0. The number of carbonyl (C=O) groups is 1. The van der Waals surface area contributed by atoms with E-state index in [1.54, 1.807) is 0 Å². The van der Waals surface area contributed by atoms with Gasteiger partial charge in [0, 0.05) is 12.0 Å². The summed E-state index contributed by atoms with van der Waals surface area (Å²) in [6.07, 6.45) is 4.79. The summed E-state index contributed by atoms with van der Waals surface area (Å²) in [5.74, 6) is 1.22. The highest BCUT2D eigenvalue weighted by Gasteiger charge is 2.37. The molecule has 0 unspecified atom stereocenters. The molecule has 0 N–H and O–H groups in total. The number of benzene rings is 1. The van der Waals surface area contributed by atoms with Crippen molar-refractivity contribution < 1.29 is 9.53 Å². The molecule has 0 bridgehead atoms. The molecule has 1 aromatic carbocycles. The van der Waals surface area contributed by atoms with Crippen LogP contribution in [0.2, 0.25) is 0 Å². The number of ketones is 1. The summed E-state index contributed by atoms with van der Waals surface area (Å²) in [6.45, 7) is 4.26. The van der Waals surface area contributed by atoms with E-state index in [0.29, 0.717) is 12.2 Å². The lowest BCUT2D eigenvalue weighted by atomic mass is 9.87. The van der Waals surface area contributed by atoms with E-state index in [1.165, 1.54) is 0 Å². The second-order valence-electron chi connectivity index (χ2n) is 5.03. The van der Waals surface area contributed by atoms with Gasteiger partial charge in [-0.1, -0.05) is 44.9 Å². The lowest BCUT2D eigenvalue weighted by Crippen LogP contribution is -2.25. The Morgan fingerprint density at radius 2 is 2.00 bits per heavy atom. The molecule has 1 aliphatic heterocycles. The average molecular weight is 246 g/mol. The van der Waals surface area contributed by atoms with Gasteiger partial charge in [-0.2, -0.15) is 0 Å². The van der Waals surface area contributed by atoms with Gasteiger partial charge in [-0.15, -0.1) is 0 Å². The first-order chi connectivity index (χ1) is 8.77. The molecule has 0 radical (unpaired) electrons. The maximum Gasteiger partial charge on any atom is 0.144 e. The number of Topliss-reactive ketones (excluding diaryl/α,β-unsaturated/α-hetero) is 1. The van der Waals surface area contributed by atoms with Crippen molar-refractivity contribution in [2.75, 3.05) is 0 Å². The summed E-state index contributed by atoms with van der Waals surface area (Å²) >= 11 is 0. The Labute approximate surface area is 109 Å². The highest BCUT2D eigenvalue weighted by atomic mass is 16.5. The third-order valence-corrected chi connectivity index (χ3v) is 3.60. The van der Waals surface area contributed by atoms with Crippen LogP contribution in [0, 0.1) is 0 Å². The van der Waals surface area contributed by atoms with Gasteiger partial charge >= 0.3 is 0 Å². The van der Waals surface area contributed by atoms with Crippen LogP contribution in [-0.2, 0) is 4.79 Å². The van der Waals surface area contributed by atoms with Crippen molar-refractivity contribution in [3.8, 4) is 5.75 Å². The summed E-state index contributed by atoms with van der Waals surface area (Å²) in [4.78, 5) is 12.4. The van der Waals surface area contributed by atoms with Gasteiger partial charge in [0.1, 0.15) is 17.6 Å². The Balaban J connectivity index is 2.19. The number of para-hydroxylation sites is 1. The van der Waals surface area contributed by atoms with Crippen molar-refractivity contribution in [3.63, 3.8) is 0 Å². The molecular weight excluding hydrogens is 224 g/mol. The van der Waals surface area contributed by atoms with Crippen LogP contribution in [0.3, 0.4) is 0 Å². The molecule has 0 saturated carbocycles. The lowest BCUT2D eigenvalue weighted by Gasteiger charge is -2.17. The molecular formula is C16H22O2. The normalized spacial score (nSPS) is 21.4. The topological polar surface area (TPSA) is 26.3 Å². The van der Waals surface area contributed by atoms with Crippen LogP contribution in [-0.4, -0.2) is 11.9 Å². The first-order valence-corrected chi connectivity index (χ1v) is 7.06. The maximum absolute atomic E-state index is 12.4. The fourth-order valence-corrected chi connectivity index (χ4v) is 2.67. The van der Waals surface area contributed by atoms with Crippen molar-refractivity contribution in [2.45, 2.75) is 58.0 Å². The number of fused-ring (bicyclic) bond motifs is 1. The largest absolute Gasteiger partial charge is 0.489 e. The standard InChI is InChI=1S/C16H22O2/c1-3-5-10-13(17)16-12-9-6-7-11-14(12)18-15(16)8-4-2/h6-7,9,11,15-16H,3-5,8,10H2,1-2H3/t15-,16-/m1/s1. The van der Waals surface area contributed by atoms with E-state index in [0.717, 1.165) is 37.0 Å². The van der Waals surface area contributed by atoms with Crippen LogP contribution in [0.15, 0.2) is 24.3 Å². The van der Waals surface area contributed by atoms with Crippen molar-refractivity contribution in [1.29, 1.82) is 0 Å². The monoisotopic (exact) mass is 246 g/mol. The van der Waals surface area contributed by atoms with Crippen LogP contribution in [0.1, 0.15) is 57.4 Å². The zero-order valence-electron chi connectivity index (χ0n) is 11.3. The predicted octanol–water partition coefficient (Wildman–Crippen LogP) is 4.09. The fourth-order valence-electron chi connectivity index (χ4n) is 2.67. The molecule has 2 heteroatoms. The Kier molecular flexibility index (Phi) is 4.40. The number of unbranched alkanes of at least 4 members (excludes halogenated alkanes) is 1. The average Bonchev–Trinajstić information content (AvgIpc) is 2.74. The molecule has 18 heavy (non-hydrogen) atoms. The molecule has 2 nitrogen and oxygen atoms in total. The number of hydrogen-bond acceptors (Lipinski definition) is 2. The van der Waals surface area contributed by atoms with Crippen LogP contribution in [0.4, 0.5) is 0 Å². The van der Waals surface area contributed by atoms with Crippen LogP contribution >= 0.6 is 0 Å². The third kappa shape index (κ3) is 2.58. The zero-order valence-corrected chi connectivity index (χ0v) is 11.3. The van der Waals surface area contributed by atoms with E-state index in [1.807, 2.05) is 24.3 Å². The van der Waals surface area contributed by atoms with Crippen LogP contribution in [0.25, 0.3) is 0 Å². The zero-order chi connectivity index (χ0) is 13.0. The number of hydrogen-bond donors (Lipinski definition) is 0. The first-order valence-electron chi connectivity index (χ1n) is 7.06. The maximum atomic E-state index is 12.4. The molecule has 2 atom stereocenters. The fraction of sp³-hybridized carbons (Fsp3) is 0.562. The van der Waals surface area contributed by atoms with E-state index >= 15 is 0 Å². The quantitative estimate of drug-likeness (QED) is 0.755. The molecule has 0 amide bonds. The minimum absolute atomic E-state index is 0.0345. The number of rotatable bonds is 6. The van der Waals surface area contributed by atoms with Gasteiger partial charge in [0.2, 0.25) is 0 Å². The van der Waals surface area contributed by atoms with Crippen LogP contribution < -0.4 is 4.74 Å². The molecule has 0 aliphatic carbocycles. The van der Waals surface area contributed by atoms with Crippen molar-refractivity contribution >= 4 is 5.78 Å². The Morgan fingerprint density at radius 3 is 2.72 bits per heavy atom. The molecule has 98 valence electrons. The Morgan fingerprint density at radius 1 is 1.22 bits per heavy atom. The number of carbonyl (C=O) groups excluding carboxylic acids is 1. The van der Waals surface area contributed by atoms with Crippen LogP contribution in [0.5, 0.6) is 5.75 Å². The highest BCUT2D eigenvalue weighted by molar-refractivity contribution is 5.88. The van der Waals surface area contributed by atoms with E-state index in [9.17, 15) is 4.79 Å². The van der Waals surface area contributed by atoms with Crippen molar-refractivity contribution in [3.05, 3.63) is 29.8 Å². The second-order valence-corrected chi connectivity index (χ2v) is 5.03. The molecule has 0 aromatic heterocycles. The van der Waals surface area contributed by atoms with Gasteiger partial charge in [-0.05, 0) is 18.9 Å². The molecule has 1 heterocycles. The molecule has 0 saturated heterocycles. The number of ether oxygens (including phenoxy) is 1. The third-order valence-electron chi connectivity index (χ3n) is 3.60. The smallest absolute Gasteiger partial charge is 0.144 e. The molecule has 0 fully saturated rings. The van der Waals surface area contributed by atoms with Gasteiger partial charge in [0.25, 0.3) is 0 Å². The summed E-state index contributed by atoms with van der Waals surface area (Å²) in [5, 5.41) is 0. The predicted molar refractivity (Wildman–Crippen MR) is 73.0 cm³/mol. The Hall–Kier alpha value is -1.31. The second kappa shape index (κ2) is 6.03. The van der Waals surface area contributed by atoms with E-state index < -0.39 is 0 Å². The van der Waals surface area contributed by atoms with Crippen molar-refractivity contribution in [2.24, 2.45) is 0 Å². The first kappa shape index (κ1) is 13.1. The summed E-state index contributed by atoms with van der Waals surface area (Å²) in [5.41, 5.74) is 1.09.